The maximum atomic E-state index is 4.16. The summed E-state index contributed by atoms with van der Waals surface area (Å²) in [5.41, 5.74) is 1.46. The van der Waals surface area contributed by atoms with E-state index in [-0.39, 0.29) is 0 Å². The Morgan fingerprint density at radius 1 is 1.28 bits per heavy atom. The Morgan fingerprint density at radius 2 is 2.06 bits per heavy atom. The van der Waals surface area contributed by atoms with Crippen molar-refractivity contribution in [2.24, 2.45) is 5.92 Å². The summed E-state index contributed by atoms with van der Waals surface area (Å²) >= 11 is 0. The summed E-state index contributed by atoms with van der Waals surface area (Å²) in [6.07, 6.45) is 9.36. The molecule has 1 aromatic heterocycles. The first kappa shape index (κ1) is 12.1. The second kappa shape index (κ2) is 5.37. The van der Waals surface area contributed by atoms with E-state index < -0.39 is 0 Å². The lowest BCUT2D eigenvalue weighted by atomic mass is 9.84. The van der Waals surface area contributed by atoms with Crippen LogP contribution in [0.1, 0.15) is 37.3 Å². The molecule has 2 heterocycles. The number of nitrogens with zero attached hydrogens (tertiary/aromatic N) is 2. The average Bonchev–Trinajstić information content (AvgIpc) is 3.24. The third-order valence-electron chi connectivity index (χ3n) is 4.32. The lowest BCUT2D eigenvalue weighted by Crippen LogP contribution is -2.43. The van der Waals surface area contributed by atoms with Gasteiger partial charge in [0.25, 0.3) is 0 Å². The van der Waals surface area contributed by atoms with E-state index in [0.717, 1.165) is 18.5 Å². The van der Waals surface area contributed by atoms with Crippen LogP contribution in [0.2, 0.25) is 0 Å². The van der Waals surface area contributed by atoms with E-state index in [1.807, 2.05) is 12.4 Å². The Hall–Kier alpha value is -0.930. The fraction of sp³-hybridized carbons (Fsp3) is 0.667. The normalized spacial score (nSPS) is 29.4. The van der Waals surface area contributed by atoms with Crippen molar-refractivity contribution >= 4 is 0 Å². The van der Waals surface area contributed by atoms with Crippen LogP contribution in [0.3, 0.4) is 0 Å². The maximum absolute atomic E-state index is 4.16. The highest BCUT2D eigenvalue weighted by atomic mass is 15.2. The number of hydrogen-bond acceptors (Lipinski definition) is 3. The molecule has 1 aliphatic heterocycles. The van der Waals surface area contributed by atoms with E-state index >= 15 is 0 Å². The molecule has 2 fully saturated rings. The van der Waals surface area contributed by atoms with E-state index in [2.05, 4.69) is 34.4 Å². The molecule has 0 bridgehead atoms. The van der Waals surface area contributed by atoms with E-state index in [0.29, 0.717) is 6.04 Å². The number of rotatable bonds is 4. The zero-order chi connectivity index (χ0) is 12.4. The molecule has 3 rings (SSSR count). The summed E-state index contributed by atoms with van der Waals surface area (Å²) < 4.78 is 0. The Bertz CT molecular complexity index is 373. The molecule has 0 radical (unpaired) electrons. The fourth-order valence-corrected chi connectivity index (χ4v) is 3.42. The third kappa shape index (κ3) is 2.43. The monoisotopic (exact) mass is 245 g/mol. The van der Waals surface area contributed by atoms with Crippen molar-refractivity contribution in [2.75, 3.05) is 20.1 Å². The highest BCUT2D eigenvalue weighted by Crippen LogP contribution is 2.42. The van der Waals surface area contributed by atoms with Crippen molar-refractivity contribution in [3.8, 4) is 0 Å². The Labute approximate surface area is 110 Å². The predicted octanol–water partition coefficient (Wildman–Crippen LogP) is 2.22. The number of piperidine rings is 1. The first-order chi connectivity index (χ1) is 8.90. The van der Waals surface area contributed by atoms with Crippen LogP contribution in [0, 0.1) is 5.92 Å². The van der Waals surface area contributed by atoms with Crippen LogP contribution >= 0.6 is 0 Å². The second-order valence-electron chi connectivity index (χ2n) is 5.65. The van der Waals surface area contributed by atoms with Crippen LogP contribution in [0.15, 0.2) is 24.5 Å². The molecule has 18 heavy (non-hydrogen) atoms. The molecule has 98 valence electrons. The number of hydrogen-bond donors (Lipinski definition) is 1. The van der Waals surface area contributed by atoms with Gasteiger partial charge in [0.2, 0.25) is 0 Å². The molecule has 1 aromatic rings. The van der Waals surface area contributed by atoms with Gasteiger partial charge in [0.15, 0.2) is 0 Å². The first-order valence-electron chi connectivity index (χ1n) is 7.20. The van der Waals surface area contributed by atoms with E-state index in [9.17, 15) is 0 Å². The fourth-order valence-electron chi connectivity index (χ4n) is 3.42. The maximum Gasteiger partial charge on any atom is 0.0392 e. The van der Waals surface area contributed by atoms with Gasteiger partial charge in [-0.3, -0.25) is 9.88 Å². The Balaban J connectivity index is 1.86. The molecule has 3 nitrogen and oxygen atoms in total. The minimum Gasteiger partial charge on any atom is -0.319 e. The van der Waals surface area contributed by atoms with Gasteiger partial charge in [0.1, 0.15) is 0 Å². The molecule has 1 N–H and O–H groups in total. The smallest absolute Gasteiger partial charge is 0.0392 e. The largest absolute Gasteiger partial charge is 0.319 e. The summed E-state index contributed by atoms with van der Waals surface area (Å²) in [7, 11) is 2.07. The molecular formula is C15H23N3. The van der Waals surface area contributed by atoms with E-state index in [1.54, 1.807) is 0 Å². The van der Waals surface area contributed by atoms with Crippen molar-refractivity contribution in [1.29, 1.82) is 0 Å². The van der Waals surface area contributed by atoms with Gasteiger partial charge in [0, 0.05) is 24.5 Å². The second-order valence-corrected chi connectivity index (χ2v) is 5.65. The summed E-state index contributed by atoms with van der Waals surface area (Å²) in [4.78, 5) is 6.91. The number of likely N-dealkylation sites (tertiary alicyclic amines) is 1. The van der Waals surface area contributed by atoms with Gasteiger partial charge in [-0.25, -0.2) is 0 Å². The van der Waals surface area contributed by atoms with Crippen LogP contribution < -0.4 is 5.32 Å². The first-order valence-corrected chi connectivity index (χ1v) is 7.20. The minimum absolute atomic E-state index is 0.599. The molecule has 1 saturated heterocycles. The van der Waals surface area contributed by atoms with Crippen molar-refractivity contribution < 1.29 is 0 Å². The number of nitrogens with one attached hydrogen (secondary N) is 1. The topological polar surface area (TPSA) is 28.2 Å². The lowest BCUT2D eigenvalue weighted by molar-refractivity contribution is 0.0844. The van der Waals surface area contributed by atoms with Crippen LogP contribution in [-0.2, 0) is 0 Å². The molecule has 2 atom stereocenters. The Kier molecular flexibility index (Phi) is 3.62. The van der Waals surface area contributed by atoms with Gasteiger partial charge in [-0.15, -0.1) is 0 Å². The van der Waals surface area contributed by atoms with Gasteiger partial charge in [-0.1, -0.05) is 0 Å². The summed E-state index contributed by atoms with van der Waals surface area (Å²) in [6, 6.07) is 5.85. The quantitative estimate of drug-likeness (QED) is 0.881. The van der Waals surface area contributed by atoms with E-state index in [4.69, 9.17) is 0 Å². The van der Waals surface area contributed by atoms with Gasteiger partial charge < -0.3 is 5.32 Å². The van der Waals surface area contributed by atoms with Gasteiger partial charge in [0.05, 0.1) is 0 Å². The van der Waals surface area contributed by atoms with Crippen LogP contribution in [0.5, 0.6) is 0 Å². The summed E-state index contributed by atoms with van der Waals surface area (Å²) in [5, 5.41) is 3.37. The minimum atomic E-state index is 0.599. The predicted molar refractivity (Wildman–Crippen MR) is 73.4 cm³/mol. The summed E-state index contributed by atoms with van der Waals surface area (Å²) in [5.74, 6) is 0.742. The highest BCUT2D eigenvalue weighted by Gasteiger charge is 2.40. The van der Waals surface area contributed by atoms with E-state index in [1.165, 1.54) is 37.8 Å². The van der Waals surface area contributed by atoms with Gasteiger partial charge >= 0.3 is 0 Å². The lowest BCUT2D eigenvalue weighted by Gasteiger charge is -2.42. The molecule has 1 aliphatic carbocycles. The van der Waals surface area contributed by atoms with Crippen molar-refractivity contribution in [3.63, 3.8) is 0 Å². The molecular weight excluding hydrogens is 222 g/mol. The standard InChI is InChI=1S/C15H23N3/c1-16-11-13-3-2-10-18(14-4-5-14)15(13)12-6-8-17-9-7-12/h6-9,13-16H,2-5,10-11H2,1H3. The summed E-state index contributed by atoms with van der Waals surface area (Å²) in [6.45, 7) is 2.40. The number of aromatic nitrogens is 1. The zero-order valence-corrected chi connectivity index (χ0v) is 11.2. The molecule has 2 unspecified atom stereocenters. The van der Waals surface area contributed by atoms with Crippen LogP contribution in [0.4, 0.5) is 0 Å². The SMILES string of the molecule is CNCC1CCCN(C2CC2)C1c1ccncc1. The number of pyridine rings is 1. The molecule has 3 heteroatoms. The van der Waals surface area contributed by atoms with Crippen LogP contribution in [0.25, 0.3) is 0 Å². The average molecular weight is 245 g/mol. The van der Waals surface area contributed by atoms with Crippen molar-refractivity contribution in [1.82, 2.24) is 15.2 Å². The third-order valence-corrected chi connectivity index (χ3v) is 4.32. The molecule has 0 aromatic carbocycles. The molecule has 0 amide bonds. The van der Waals surface area contributed by atoms with Gasteiger partial charge in [-0.2, -0.15) is 0 Å². The van der Waals surface area contributed by atoms with Crippen molar-refractivity contribution in [3.05, 3.63) is 30.1 Å². The molecule has 2 aliphatic rings. The highest BCUT2D eigenvalue weighted by molar-refractivity contribution is 5.18. The van der Waals surface area contributed by atoms with Crippen molar-refractivity contribution in [2.45, 2.75) is 37.8 Å². The Morgan fingerprint density at radius 3 is 2.72 bits per heavy atom. The van der Waals surface area contributed by atoms with Crippen LogP contribution in [-0.4, -0.2) is 36.1 Å². The van der Waals surface area contributed by atoms with Gasteiger partial charge in [-0.05, 0) is 69.4 Å². The molecule has 0 spiro atoms. The molecule has 1 saturated carbocycles. The zero-order valence-electron chi connectivity index (χ0n) is 11.2.